The lowest BCUT2D eigenvalue weighted by molar-refractivity contribution is 0.0606. The quantitative estimate of drug-likeness (QED) is 0.724. The number of carbonyl (C=O) groups excluding carboxylic acids is 1. The van der Waals surface area contributed by atoms with Gasteiger partial charge in [-0.1, -0.05) is 0 Å². The number of anilines is 1. The maximum absolute atomic E-state index is 11.2. The molecular weight excluding hydrogens is 200 g/mol. The maximum atomic E-state index is 11.2. The number of thiophene rings is 1. The second-order valence-electron chi connectivity index (χ2n) is 2.71. The highest BCUT2D eigenvalue weighted by atomic mass is 32.1. The number of fused-ring (bicyclic) bond motifs is 1. The Morgan fingerprint density at radius 1 is 1.64 bits per heavy atom. The van der Waals surface area contributed by atoms with Crippen LogP contribution >= 0.6 is 11.3 Å². The van der Waals surface area contributed by atoms with E-state index in [4.69, 9.17) is 5.73 Å². The van der Waals surface area contributed by atoms with Crippen LogP contribution in [0.2, 0.25) is 0 Å². The molecule has 0 atom stereocenters. The van der Waals surface area contributed by atoms with Crippen molar-refractivity contribution in [2.24, 2.45) is 0 Å². The maximum Gasteiger partial charge on any atom is 0.348 e. The normalized spacial score (nSPS) is 10.4. The van der Waals surface area contributed by atoms with Gasteiger partial charge in [-0.15, -0.1) is 11.3 Å². The van der Waals surface area contributed by atoms with Crippen LogP contribution in [0.25, 0.3) is 10.1 Å². The number of esters is 1. The summed E-state index contributed by atoms with van der Waals surface area (Å²) in [4.78, 5) is 15.7. The fourth-order valence-electron chi connectivity index (χ4n) is 1.19. The number of nitrogen functional groups attached to an aromatic ring is 1. The number of nitrogens with two attached hydrogens (primary N) is 1. The molecule has 2 aromatic heterocycles. The molecule has 14 heavy (non-hydrogen) atoms. The van der Waals surface area contributed by atoms with Gasteiger partial charge < -0.3 is 10.5 Å². The molecule has 5 heteroatoms. The van der Waals surface area contributed by atoms with Crippen LogP contribution in [-0.4, -0.2) is 18.1 Å². The van der Waals surface area contributed by atoms with Crippen molar-refractivity contribution in [1.82, 2.24) is 4.98 Å². The Morgan fingerprint density at radius 2 is 2.43 bits per heavy atom. The Labute approximate surface area is 84.3 Å². The van der Waals surface area contributed by atoms with E-state index in [0.717, 1.165) is 10.1 Å². The van der Waals surface area contributed by atoms with Crippen molar-refractivity contribution >= 4 is 33.2 Å². The first-order chi connectivity index (χ1) is 6.72. The minimum atomic E-state index is -0.342. The van der Waals surface area contributed by atoms with Gasteiger partial charge in [-0.3, -0.25) is 0 Å². The standard InChI is InChI=1S/C9H8N2O2S/c1-13-9(12)7-4-5-6(14-7)2-3-11-8(5)10/h2-4H,1H3,(H2,10,11). The van der Waals surface area contributed by atoms with E-state index in [1.807, 2.05) is 6.07 Å². The van der Waals surface area contributed by atoms with E-state index >= 15 is 0 Å². The monoisotopic (exact) mass is 208 g/mol. The molecule has 0 amide bonds. The first-order valence-electron chi connectivity index (χ1n) is 3.94. The van der Waals surface area contributed by atoms with Crippen LogP contribution in [-0.2, 0) is 4.74 Å². The van der Waals surface area contributed by atoms with Crippen LogP contribution in [0.1, 0.15) is 9.67 Å². The summed E-state index contributed by atoms with van der Waals surface area (Å²) in [5.74, 6) is 0.0968. The highest BCUT2D eigenvalue weighted by Crippen LogP contribution is 2.28. The molecule has 72 valence electrons. The zero-order valence-electron chi connectivity index (χ0n) is 7.48. The first-order valence-corrected chi connectivity index (χ1v) is 4.76. The second kappa shape index (κ2) is 3.26. The molecule has 0 aliphatic rings. The van der Waals surface area contributed by atoms with E-state index < -0.39 is 0 Å². The molecule has 0 aliphatic carbocycles. The highest BCUT2D eigenvalue weighted by Gasteiger charge is 2.11. The SMILES string of the molecule is COC(=O)c1cc2c(N)nccc2s1. The van der Waals surface area contributed by atoms with Crippen molar-refractivity contribution < 1.29 is 9.53 Å². The van der Waals surface area contributed by atoms with Crippen molar-refractivity contribution in [3.63, 3.8) is 0 Å². The van der Waals surface area contributed by atoms with E-state index in [2.05, 4.69) is 9.72 Å². The second-order valence-corrected chi connectivity index (χ2v) is 3.79. The Bertz CT molecular complexity index is 493. The Kier molecular flexibility index (Phi) is 2.09. The largest absolute Gasteiger partial charge is 0.465 e. The molecule has 0 unspecified atom stereocenters. The van der Waals surface area contributed by atoms with Crippen LogP contribution < -0.4 is 5.73 Å². The number of carbonyl (C=O) groups is 1. The van der Waals surface area contributed by atoms with Crippen molar-refractivity contribution in [2.45, 2.75) is 0 Å². The molecule has 2 heterocycles. The third-order valence-electron chi connectivity index (χ3n) is 1.86. The number of nitrogens with zero attached hydrogens (tertiary/aromatic N) is 1. The van der Waals surface area contributed by atoms with Crippen LogP contribution in [0.3, 0.4) is 0 Å². The lowest BCUT2D eigenvalue weighted by Gasteiger charge is -1.91. The zero-order chi connectivity index (χ0) is 10.1. The van der Waals surface area contributed by atoms with Gasteiger partial charge in [0.15, 0.2) is 0 Å². The molecular formula is C9H8N2O2S. The summed E-state index contributed by atoms with van der Waals surface area (Å²) in [6.45, 7) is 0. The predicted octanol–water partition coefficient (Wildman–Crippen LogP) is 1.67. The molecule has 0 aromatic carbocycles. The fourth-order valence-corrected chi connectivity index (χ4v) is 2.17. The molecule has 0 saturated carbocycles. The van der Waals surface area contributed by atoms with Gasteiger partial charge in [-0.2, -0.15) is 0 Å². The third kappa shape index (κ3) is 1.31. The Morgan fingerprint density at radius 3 is 3.07 bits per heavy atom. The average molecular weight is 208 g/mol. The van der Waals surface area contributed by atoms with E-state index in [1.165, 1.54) is 18.4 Å². The number of hydrogen-bond donors (Lipinski definition) is 1. The summed E-state index contributed by atoms with van der Waals surface area (Å²) in [7, 11) is 1.36. The van der Waals surface area contributed by atoms with Crippen molar-refractivity contribution in [1.29, 1.82) is 0 Å². The summed E-state index contributed by atoms with van der Waals surface area (Å²) < 4.78 is 5.56. The number of methoxy groups -OCH3 is 1. The topological polar surface area (TPSA) is 65.2 Å². The minimum absolute atomic E-state index is 0.342. The van der Waals surface area contributed by atoms with Crippen LogP contribution in [0, 0.1) is 0 Å². The van der Waals surface area contributed by atoms with Crippen molar-refractivity contribution in [2.75, 3.05) is 12.8 Å². The molecule has 0 bridgehead atoms. The summed E-state index contributed by atoms with van der Waals surface area (Å²) in [6, 6.07) is 3.52. The molecule has 2 rings (SSSR count). The van der Waals surface area contributed by atoms with Gasteiger partial charge in [-0.25, -0.2) is 9.78 Å². The number of rotatable bonds is 1. The molecule has 2 aromatic rings. The van der Waals surface area contributed by atoms with Gasteiger partial charge >= 0.3 is 5.97 Å². The average Bonchev–Trinajstić information content (AvgIpc) is 2.62. The van der Waals surface area contributed by atoms with Crippen molar-refractivity contribution in [3.8, 4) is 0 Å². The van der Waals surface area contributed by atoms with Gasteiger partial charge in [0.2, 0.25) is 0 Å². The van der Waals surface area contributed by atoms with Gasteiger partial charge in [0.05, 0.1) is 7.11 Å². The molecule has 4 nitrogen and oxygen atoms in total. The van der Waals surface area contributed by atoms with Crippen LogP contribution in [0.15, 0.2) is 18.3 Å². The number of ether oxygens (including phenoxy) is 1. The molecule has 0 radical (unpaired) electrons. The Hall–Kier alpha value is -1.62. The van der Waals surface area contributed by atoms with Crippen molar-refractivity contribution in [3.05, 3.63) is 23.2 Å². The number of aromatic nitrogens is 1. The van der Waals surface area contributed by atoms with Crippen LogP contribution in [0.5, 0.6) is 0 Å². The van der Waals surface area contributed by atoms with E-state index in [9.17, 15) is 4.79 Å². The summed E-state index contributed by atoms with van der Waals surface area (Å²) in [5.41, 5.74) is 5.65. The minimum Gasteiger partial charge on any atom is -0.465 e. The van der Waals surface area contributed by atoms with Gasteiger partial charge in [0.25, 0.3) is 0 Å². The molecule has 0 spiro atoms. The fraction of sp³-hybridized carbons (Fsp3) is 0.111. The smallest absolute Gasteiger partial charge is 0.348 e. The van der Waals surface area contributed by atoms with E-state index in [-0.39, 0.29) is 5.97 Å². The first kappa shape index (κ1) is 8.96. The van der Waals surface area contributed by atoms with Gasteiger partial charge in [0, 0.05) is 16.3 Å². The predicted molar refractivity (Wildman–Crippen MR) is 55.4 cm³/mol. The van der Waals surface area contributed by atoms with E-state index in [1.54, 1.807) is 12.3 Å². The van der Waals surface area contributed by atoms with Gasteiger partial charge in [-0.05, 0) is 12.1 Å². The molecule has 0 fully saturated rings. The van der Waals surface area contributed by atoms with E-state index in [0.29, 0.717) is 10.7 Å². The highest BCUT2D eigenvalue weighted by molar-refractivity contribution is 7.20. The number of pyridine rings is 1. The lowest BCUT2D eigenvalue weighted by Crippen LogP contribution is -1.96. The molecule has 0 aliphatic heterocycles. The lowest BCUT2D eigenvalue weighted by atomic mass is 10.3. The number of hydrogen-bond acceptors (Lipinski definition) is 5. The zero-order valence-corrected chi connectivity index (χ0v) is 8.30. The summed E-state index contributed by atoms with van der Waals surface area (Å²) in [5, 5.41) is 0.804. The Balaban J connectivity index is 2.62. The van der Waals surface area contributed by atoms with Crippen LogP contribution in [0.4, 0.5) is 5.82 Å². The third-order valence-corrected chi connectivity index (χ3v) is 2.94. The molecule has 0 saturated heterocycles. The summed E-state index contributed by atoms with van der Waals surface area (Å²) in [6.07, 6.45) is 1.62. The summed E-state index contributed by atoms with van der Waals surface area (Å²) >= 11 is 1.35. The van der Waals surface area contributed by atoms with Gasteiger partial charge in [0.1, 0.15) is 10.7 Å². The molecule has 2 N–H and O–H groups in total.